The molecule has 1 aliphatic rings. The smallest absolute Gasteiger partial charge is 0.180 e. The highest BCUT2D eigenvalue weighted by atomic mass is 35.5. The monoisotopic (exact) mass is 327 g/mol. The van der Waals surface area contributed by atoms with E-state index in [1.807, 2.05) is 18.2 Å². The third-order valence-corrected chi connectivity index (χ3v) is 4.69. The molecule has 1 aliphatic heterocycles. The molecule has 3 aromatic rings. The summed E-state index contributed by atoms with van der Waals surface area (Å²) in [6.07, 6.45) is 0. The maximum Gasteiger partial charge on any atom is 0.180 e. The van der Waals surface area contributed by atoms with E-state index in [0.717, 1.165) is 43.0 Å². The Balaban J connectivity index is 1.54. The maximum atomic E-state index is 6.01. The van der Waals surface area contributed by atoms with Crippen LogP contribution in [-0.4, -0.2) is 31.3 Å². The van der Waals surface area contributed by atoms with Crippen LogP contribution in [0.1, 0.15) is 5.56 Å². The first-order valence-electron chi connectivity index (χ1n) is 7.83. The van der Waals surface area contributed by atoms with Gasteiger partial charge in [-0.3, -0.25) is 0 Å². The van der Waals surface area contributed by atoms with Crippen molar-refractivity contribution in [2.24, 2.45) is 0 Å². The first-order chi connectivity index (χ1) is 11.2. The fourth-order valence-electron chi connectivity index (χ4n) is 3.20. The summed E-state index contributed by atoms with van der Waals surface area (Å²) >= 11 is 6.01. The molecule has 4 nitrogen and oxygen atoms in total. The lowest BCUT2D eigenvalue weighted by molar-refractivity contribution is 0.453. The Hall–Kier alpha value is -2.20. The van der Waals surface area contributed by atoms with Gasteiger partial charge in [-0.15, -0.1) is 0 Å². The molecular weight excluding hydrogens is 310 g/mol. The molecule has 2 heterocycles. The number of benzene rings is 2. The van der Waals surface area contributed by atoms with Gasteiger partial charge in [0.15, 0.2) is 11.4 Å². The lowest BCUT2D eigenvalue weighted by Crippen LogP contribution is -2.47. The zero-order chi connectivity index (χ0) is 15.8. The van der Waals surface area contributed by atoms with Crippen molar-refractivity contribution in [1.82, 2.24) is 5.16 Å². The Kier molecular flexibility index (Phi) is 3.62. The zero-order valence-electron chi connectivity index (χ0n) is 13.0. The van der Waals surface area contributed by atoms with Crippen molar-refractivity contribution in [3.8, 4) is 0 Å². The van der Waals surface area contributed by atoms with Crippen LogP contribution in [0.4, 0.5) is 11.5 Å². The van der Waals surface area contributed by atoms with Gasteiger partial charge in [-0.25, -0.2) is 0 Å². The Labute approximate surface area is 140 Å². The van der Waals surface area contributed by atoms with E-state index in [9.17, 15) is 0 Å². The number of rotatable bonds is 2. The fourth-order valence-corrected chi connectivity index (χ4v) is 3.37. The minimum absolute atomic E-state index is 0.671. The van der Waals surface area contributed by atoms with Crippen LogP contribution in [-0.2, 0) is 0 Å². The van der Waals surface area contributed by atoms with Crippen LogP contribution in [0.3, 0.4) is 0 Å². The molecule has 1 saturated heterocycles. The van der Waals surface area contributed by atoms with Gasteiger partial charge in [0.25, 0.3) is 0 Å². The van der Waals surface area contributed by atoms with Gasteiger partial charge in [-0.2, -0.15) is 0 Å². The average Bonchev–Trinajstić information content (AvgIpc) is 2.98. The van der Waals surface area contributed by atoms with Gasteiger partial charge in [0.2, 0.25) is 0 Å². The van der Waals surface area contributed by atoms with E-state index in [1.165, 1.54) is 11.3 Å². The first kappa shape index (κ1) is 14.4. The largest absolute Gasteiger partial charge is 0.368 e. The number of anilines is 2. The van der Waals surface area contributed by atoms with E-state index < -0.39 is 0 Å². The number of piperazine rings is 1. The van der Waals surface area contributed by atoms with Crippen molar-refractivity contribution in [3.05, 3.63) is 53.1 Å². The number of para-hydroxylation sites is 1. The number of aryl methyl sites for hydroxylation is 1. The van der Waals surface area contributed by atoms with Crippen molar-refractivity contribution in [2.75, 3.05) is 36.0 Å². The second-order valence-electron chi connectivity index (χ2n) is 5.91. The van der Waals surface area contributed by atoms with Gasteiger partial charge in [0, 0.05) is 43.0 Å². The van der Waals surface area contributed by atoms with E-state index in [-0.39, 0.29) is 0 Å². The molecule has 0 saturated carbocycles. The predicted octanol–water partition coefficient (Wildman–Crippen LogP) is 4.12. The molecule has 0 unspecified atom stereocenters. The molecule has 0 aliphatic carbocycles. The van der Waals surface area contributed by atoms with Gasteiger partial charge in [-0.05, 0) is 30.7 Å². The molecule has 0 spiro atoms. The van der Waals surface area contributed by atoms with Crippen molar-refractivity contribution >= 4 is 34.1 Å². The molecule has 23 heavy (non-hydrogen) atoms. The van der Waals surface area contributed by atoms with Crippen molar-refractivity contribution in [1.29, 1.82) is 0 Å². The molecule has 0 N–H and O–H groups in total. The van der Waals surface area contributed by atoms with Crippen LogP contribution in [0.25, 0.3) is 11.0 Å². The SMILES string of the molecule is Cc1ccccc1N1CCN(c2noc3cc(Cl)ccc23)CC1. The number of nitrogens with zero attached hydrogens (tertiary/aromatic N) is 3. The Morgan fingerprint density at radius 2 is 1.74 bits per heavy atom. The highest BCUT2D eigenvalue weighted by molar-refractivity contribution is 6.31. The minimum atomic E-state index is 0.671. The third-order valence-electron chi connectivity index (χ3n) is 4.45. The molecule has 5 heteroatoms. The summed E-state index contributed by atoms with van der Waals surface area (Å²) < 4.78 is 5.42. The quantitative estimate of drug-likeness (QED) is 0.709. The number of hydrogen-bond donors (Lipinski definition) is 0. The van der Waals surface area contributed by atoms with Gasteiger partial charge in [0.1, 0.15) is 0 Å². The van der Waals surface area contributed by atoms with Crippen LogP contribution in [0.2, 0.25) is 5.02 Å². The highest BCUT2D eigenvalue weighted by Crippen LogP contribution is 2.30. The van der Waals surface area contributed by atoms with Gasteiger partial charge in [0.05, 0.1) is 5.39 Å². The summed E-state index contributed by atoms with van der Waals surface area (Å²) in [6, 6.07) is 14.2. The van der Waals surface area contributed by atoms with Crippen molar-refractivity contribution < 1.29 is 4.52 Å². The molecule has 118 valence electrons. The van der Waals surface area contributed by atoms with Crippen LogP contribution < -0.4 is 9.80 Å². The van der Waals surface area contributed by atoms with Gasteiger partial charge in [-0.1, -0.05) is 35.0 Å². The number of hydrogen-bond acceptors (Lipinski definition) is 4. The summed E-state index contributed by atoms with van der Waals surface area (Å²) in [6.45, 7) is 5.98. The maximum absolute atomic E-state index is 6.01. The molecule has 1 aromatic heterocycles. The second-order valence-corrected chi connectivity index (χ2v) is 6.34. The van der Waals surface area contributed by atoms with E-state index in [0.29, 0.717) is 5.02 Å². The molecule has 2 aromatic carbocycles. The molecule has 1 fully saturated rings. The second kappa shape index (κ2) is 5.78. The predicted molar refractivity (Wildman–Crippen MR) is 94.6 cm³/mol. The number of fused-ring (bicyclic) bond motifs is 1. The van der Waals surface area contributed by atoms with E-state index in [2.05, 4.69) is 46.1 Å². The zero-order valence-corrected chi connectivity index (χ0v) is 13.8. The number of halogens is 1. The van der Waals surface area contributed by atoms with E-state index in [4.69, 9.17) is 16.1 Å². The fraction of sp³-hybridized carbons (Fsp3) is 0.278. The molecule has 0 atom stereocenters. The summed E-state index contributed by atoms with van der Waals surface area (Å²) in [5.41, 5.74) is 3.39. The highest BCUT2D eigenvalue weighted by Gasteiger charge is 2.22. The molecular formula is C18H18ClN3O. The summed E-state index contributed by atoms with van der Waals surface area (Å²) in [5, 5.41) is 5.95. The van der Waals surface area contributed by atoms with Crippen LogP contribution in [0.15, 0.2) is 47.0 Å². The van der Waals surface area contributed by atoms with E-state index in [1.54, 1.807) is 0 Å². The molecule has 0 bridgehead atoms. The average molecular weight is 328 g/mol. The lowest BCUT2D eigenvalue weighted by atomic mass is 10.1. The van der Waals surface area contributed by atoms with Crippen LogP contribution in [0, 0.1) is 6.92 Å². The summed E-state index contributed by atoms with van der Waals surface area (Å²) in [5.74, 6) is 0.918. The molecule has 0 radical (unpaired) electrons. The first-order valence-corrected chi connectivity index (χ1v) is 8.20. The Morgan fingerprint density at radius 3 is 2.52 bits per heavy atom. The molecule has 0 amide bonds. The van der Waals surface area contributed by atoms with Crippen LogP contribution in [0.5, 0.6) is 0 Å². The normalized spacial score (nSPS) is 15.4. The van der Waals surface area contributed by atoms with Crippen LogP contribution >= 0.6 is 11.6 Å². The van der Waals surface area contributed by atoms with Crippen molar-refractivity contribution in [2.45, 2.75) is 6.92 Å². The van der Waals surface area contributed by atoms with Crippen molar-refractivity contribution in [3.63, 3.8) is 0 Å². The molecule has 4 rings (SSSR count). The Morgan fingerprint density at radius 1 is 1.00 bits per heavy atom. The van der Waals surface area contributed by atoms with Gasteiger partial charge < -0.3 is 14.3 Å². The topological polar surface area (TPSA) is 32.5 Å². The Bertz CT molecular complexity index is 837. The number of aromatic nitrogens is 1. The van der Waals surface area contributed by atoms with Gasteiger partial charge >= 0.3 is 0 Å². The minimum Gasteiger partial charge on any atom is -0.368 e. The summed E-state index contributed by atoms with van der Waals surface area (Å²) in [4.78, 5) is 4.72. The lowest BCUT2D eigenvalue weighted by Gasteiger charge is -2.36. The van der Waals surface area contributed by atoms with E-state index >= 15 is 0 Å². The standard InChI is InChI=1S/C18H18ClN3O/c1-13-4-2-3-5-16(13)21-8-10-22(11-9-21)18-15-7-6-14(19)12-17(15)23-20-18/h2-7,12H,8-11H2,1H3. The summed E-state index contributed by atoms with van der Waals surface area (Å²) in [7, 11) is 0. The third kappa shape index (κ3) is 2.63.